The van der Waals surface area contributed by atoms with Crippen molar-refractivity contribution in [2.75, 3.05) is 12.8 Å². The van der Waals surface area contributed by atoms with E-state index in [0.717, 1.165) is 16.5 Å². The Balaban J connectivity index is 2.33. The predicted octanol–water partition coefficient (Wildman–Crippen LogP) is 2.48. The number of aromatic nitrogens is 1. The fraction of sp³-hybridized carbons (Fsp3) is 0.357. The van der Waals surface area contributed by atoms with Crippen molar-refractivity contribution in [3.05, 3.63) is 30.0 Å². The lowest BCUT2D eigenvalue weighted by molar-refractivity contribution is -0.141. The van der Waals surface area contributed by atoms with Crippen LogP contribution in [0.15, 0.2) is 29.3 Å². The van der Waals surface area contributed by atoms with Crippen molar-refractivity contribution in [1.29, 1.82) is 0 Å². The van der Waals surface area contributed by atoms with Gasteiger partial charge < -0.3 is 15.8 Å². The number of fused-ring (bicyclic) bond motifs is 1. The number of nitrogens with one attached hydrogen (secondary N) is 1. The molecule has 0 spiro atoms. The predicted molar refractivity (Wildman–Crippen MR) is 78.6 cm³/mol. The molecule has 102 valence electrons. The lowest BCUT2D eigenvalue weighted by atomic mass is 9.96. The van der Waals surface area contributed by atoms with Gasteiger partial charge in [-0.05, 0) is 37.3 Å². The summed E-state index contributed by atoms with van der Waals surface area (Å²) in [6.07, 6.45) is 4.97. The van der Waals surface area contributed by atoms with E-state index in [1.807, 2.05) is 24.6 Å². The maximum Gasteiger partial charge on any atom is 0.306 e. The molecule has 0 fully saturated rings. The Morgan fingerprint density at radius 2 is 2.32 bits per heavy atom. The van der Waals surface area contributed by atoms with Crippen molar-refractivity contribution in [3.63, 3.8) is 0 Å². The van der Waals surface area contributed by atoms with Gasteiger partial charge in [0, 0.05) is 16.5 Å². The van der Waals surface area contributed by atoms with E-state index in [1.165, 1.54) is 4.90 Å². The summed E-state index contributed by atoms with van der Waals surface area (Å²) in [7, 11) is 0. The number of hydrogen-bond donors (Lipinski definition) is 3. The molecule has 2 aromatic rings. The van der Waals surface area contributed by atoms with Gasteiger partial charge in [0.15, 0.2) is 0 Å². The second kappa shape index (κ2) is 6.12. The molecule has 1 unspecified atom stereocenters. The van der Waals surface area contributed by atoms with Gasteiger partial charge in [0.25, 0.3) is 0 Å². The zero-order valence-corrected chi connectivity index (χ0v) is 11.7. The Bertz CT molecular complexity index is 580. The fourth-order valence-corrected chi connectivity index (χ4v) is 2.89. The summed E-state index contributed by atoms with van der Waals surface area (Å²) in [6.45, 7) is 0.398. The molecular weight excluding hydrogens is 260 g/mol. The van der Waals surface area contributed by atoms with E-state index in [9.17, 15) is 9.90 Å². The Kier molecular flexibility index (Phi) is 4.50. The number of rotatable bonds is 6. The molecule has 0 saturated heterocycles. The molecule has 0 aliphatic rings. The van der Waals surface area contributed by atoms with E-state index in [-0.39, 0.29) is 0 Å². The SMILES string of the molecule is CSc1cccc2c(CC(CCN)C(=O)O)c[nH]c12. The minimum atomic E-state index is -0.777. The number of benzene rings is 1. The Hall–Kier alpha value is -1.46. The van der Waals surface area contributed by atoms with E-state index < -0.39 is 11.9 Å². The van der Waals surface area contributed by atoms with Gasteiger partial charge in [-0.2, -0.15) is 0 Å². The van der Waals surface area contributed by atoms with E-state index >= 15 is 0 Å². The first kappa shape index (κ1) is 14.0. The molecule has 4 nitrogen and oxygen atoms in total. The van der Waals surface area contributed by atoms with Crippen LogP contribution in [-0.2, 0) is 11.2 Å². The average Bonchev–Trinajstić information content (AvgIpc) is 2.81. The fourth-order valence-electron chi connectivity index (χ4n) is 2.30. The van der Waals surface area contributed by atoms with Crippen LogP contribution in [0.3, 0.4) is 0 Å². The molecule has 1 heterocycles. The highest BCUT2D eigenvalue weighted by molar-refractivity contribution is 7.98. The highest BCUT2D eigenvalue weighted by Gasteiger charge is 2.19. The summed E-state index contributed by atoms with van der Waals surface area (Å²) < 4.78 is 0. The lowest BCUT2D eigenvalue weighted by Gasteiger charge is -2.10. The van der Waals surface area contributed by atoms with Gasteiger partial charge in [-0.3, -0.25) is 4.79 Å². The summed E-state index contributed by atoms with van der Waals surface area (Å²) in [6, 6.07) is 6.09. The number of H-pyrrole nitrogens is 1. The topological polar surface area (TPSA) is 79.1 Å². The molecule has 0 amide bonds. The average molecular weight is 278 g/mol. The molecule has 4 N–H and O–H groups in total. The van der Waals surface area contributed by atoms with Crippen LogP contribution in [0.1, 0.15) is 12.0 Å². The van der Waals surface area contributed by atoms with Gasteiger partial charge in [0.1, 0.15) is 0 Å². The third-order valence-electron chi connectivity index (χ3n) is 3.31. The molecular formula is C14H18N2O2S. The number of carbonyl (C=O) groups is 1. The van der Waals surface area contributed by atoms with Crippen molar-refractivity contribution in [3.8, 4) is 0 Å². The monoisotopic (exact) mass is 278 g/mol. The summed E-state index contributed by atoms with van der Waals surface area (Å²) in [5.41, 5.74) is 7.61. The number of aromatic amines is 1. The first-order chi connectivity index (χ1) is 9.17. The first-order valence-electron chi connectivity index (χ1n) is 6.23. The number of thioether (sulfide) groups is 1. The molecule has 0 aliphatic carbocycles. The summed E-state index contributed by atoms with van der Waals surface area (Å²) >= 11 is 1.68. The third-order valence-corrected chi connectivity index (χ3v) is 4.09. The summed E-state index contributed by atoms with van der Waals surface area (Å²) in [5, 5.41) is 10.3. The minimum absolute atomic E-state index is 0.398. The van der Waals surface area contributed by atoms with Crippen molar-refractivity contribution < 1.29 is 9.90 Å². The van der Waals surface area contributed by atoms with Crippen LogP contribution in [0, 0.1) is 5.92 Å². The van der Waals surface area contributed by atoms with Crippen LogP contribution in [-0.4, -0.2) is 28.9 Å². The van der Waals surface area contributed by atoms with Gasteiger partial charge in [0.2, 0.25) is 0 Å². The molecule has 5 heteroatoms. The van der Waals surface area contributed by atoms with Crippen molar-refractivity contribution in [1.82, 2.24) is 4.98 Å². The Morgan fingerprint density at radius 1 is 1.53 bits per heavy atom. The molecule has 19 heavy (non-hydrogen) atoms. The second-order valence-electron chi connectivity index (χ2n) is 4.51. The summed E-state index contributed by atoms with van der Waals surface area (Å²) in [5.74, 6) is -1.19. The number of nitrogens with two attached hydrogens (primary N) is 1. The Morgan fingerprint density at radius 3 is 2.95 bits per heavy atom. The molecule has 0 bridgehead atoms. The smallest absolute Gasteiger partial charge is 0.306 e. The molecule has 1 aromatic carbocycles. The van der Waals surface area contributed by atoms with E-state index in [4.69, 9.17) is 5.73 Å². The number of aliphatic carboxylic acids is 1. The molecule has 2 rings (SSSR count). The van der Waals surface area contributed by atoms with Crippen LogP contribution < -0.4 is 5.73 Å². The maximum absolute atomic E-state index is 11.2. The molecule has 0 radical (unpaired) electrons. The van der Waals surface area contributed by atoms with Crippen LogP contribution in [0.4, 0.5) is 0 Å². The molecule has 1 aromatic heterocycles. The van der Waals surface area contributed by atoms with Gasteiger partial charge in [0.05, 0.1) is 11.4 Å². The van der Waals surface area contributed by atoms with Crippen LogP contribution in [0.25, 0.3) is 10.9 Å². The van der Waals surface area contributed by atoms with Crippen molar-refractivity contribution in [2.24, 2.45) is 11.7 Å². The second-order valence-corrected chi connectivity index (χ2v) is 5.36. The highest BCUT2D eigenvalue weighted by Crippen LogP contribution is 2.29. The van der Waals surface area contributed by atoms with E-state index in [0.29, 0.717) is 19.4 Å². The summed E-state index contributed by atoms with van der Waals surface area (Å²) in [4.78, 5) is 15.6. The van der Waals surface area contributed by atoms with E-state index in [1.54, 1.807) is 11.8 Å². The molecule has 0 saturated carbocycles. The lowest BCUT2D eigenvalue weighted by Crippen LogP contribution is -2.20. The van der Waals surface area contributed by atoms with Crippen molar-refractivity contribution in [2.45, 2.75) is 17.7 Å². The highest BCUT2D eigenvalue weighted by atomic mass is 32.2. The zero-order chi connectivity index (χ0) is 13.8. The normalized spacial score (nSPS) is 12.7. The zero-order valence-electron chi connectivity index (χ0n) is 10.8. The Labute approximate surface area is 116 Å². The minimum Gasteiger partial charge on any atom is -0.481 e. The van der Waals surface area contributed by atoms with Crippen molar-refractivity contribution >= 4 is 28.6 Å². The van der Waals surface area contributed by atoms with Gasteiger partial charge in [-0.1, -0.05) is 12.1 Å². The van der Waals surface area contributed by atoms with Gasteiger partial charge >= 0.3 is 5.97 Å². The van der Waals surface area contributed by atoms with Gasteiger partial charge in [-0.25, -0.2) is 0 Å². The first-order valence-corrected chi connectivity index (χ1v) is 7.45. The maximum atomic E-state index is 11.2. The van der Waals surface area contributed by atoms with E-state index in [2.05, 4.69) is 11.1 Å². The third kappa shape index (κ3) is 2.93. The van der Waals surface area contributed by atoms with Crippen LogP contribution in [0.5, 0.6) is 0 Å². The quantitative estimate of drug-likeness (QED) is 0.709. The van der Waals surface area contributed by atoms with Gasteiger partial charge in [-0.15, -0.1) is 11.8 Å². The van der Waals surface area contributed by atoms with Crippen LogP contribution in [0.2, 0.25) is 0 Å². The molecule has 1 atom stereocenters. The number of carboxylic acids is 1. The number of hydrogen-bond acceptors (Lipinski definition) is 3. The largest absolute Gasteiger partial charge is 0.481 e. The standard InChI is InChI=1S/C14H18N2O2S/c1-19-12-4-2-3-11-10(8-16-13(11)12)7-9(5-6-15)14(17)18/h2-4,8-9,16H,5-7,15H2,1H3,(H,17,18). The number of para-hydroxylation sites is 1. The molecule has 0 aliphatic heterocycles. The number of carboxylic acid groups (broad SMARTS) is 1. The van der Waals surface area contributed by atoms with Crippen LogP contribution >= 0.6 is 11.8 Å².